The van der Waals surface area contributed by atoms with Gasteiger partial charge in [-0.3, -0.25) is 4.79 Å². The predicted molar refractivity (Wildman–Crippen MR) is 102 cm³/mol. The Bertz CT molecular complexity index is 853. The fraction of sp³-hybridized carbons (Fsp3) is 0.286. The highest BCUT2D eigenvalue weighted by molar-refractivity contribution is 5.92. The molecule has 1 aromatic heterocycles. The SMILES string of the molecule is COc1ccc2[nH]cc(C(CC(=O)Nc3ccccc3)C(C)C)c2c1. The number of methoxy groups -OCH3 is 1. The fourth-order valence-corrected chi connectivity index (χ4v) is 3.19. The van der Waals surface area contributed by atoms with Gasteiger partial charge in [0.05, 0.1) is 7.11 Å². The minimum atomic E-state index is 0.0298. The second-order valence-corrected chi connectivity index (χ2v) is 6.62. The molecule has 3 rings (SSSR count). The molecule has 4 nitrogen and oxygen atoms in total. The van der Waals surface area contributed by atoms with Crippen molar-refractivity contribution >= 4 is 22.5 Å². The summed E-state index contributed by atoms with van der Waals surface area (Å²) in [5.74, 6) is 1.32. The molecule has 2 aromatic carbocycles. The summed E-state index contributed by atoms with van der Waals surface area (Å²) in [4.78, 5) is 15.8. The largest absolute Gasteiger partial charge is 0.497 e. The van der Waals surface area contributed by atoms with Gasteiger partial charge in [-0.1, -0.05) is 32.0 Å². The molecule has 4 heteroatoms. The van der Waals surface area contributed by atoms with E-state index in [0.717, 1.165) is 27.9 Å². The summed E-state index contributed by atoms with van der Waals surface area (Å²) in [5, 5.41) is 4.10. The highest BCUT2D eigenvalue weighted by atomic mass is 16.5. The van der Waals surface area contributed by atoms with E-state index in [2.05, 4.69) is 24.1 Å². The number of hydrogen-bond acceptors (Lipinski definition) is 2. The average molecular weight is 336 g/mol. The van der Waals surface area contributed by atoms with Crippen molar-refractivity contribution in [1.82, 2.24) is 4.98 Å². The molecule has 0 saturated carbocycles. The van der Waals surface area contributed by atoms with Crippen molar-refractivity contribution in [3.8, 4) is 5.75 Å². The molecule has 0 radical (unpaired) electrons. The second kappa shape index (κ2) is 7.43. The van der Waals surface area contributed by atoms with Crippen LogP contribution in [0.4, 0.5) is 5.69 Å². The Morgan fingerprint density at radius 1 is 1.16 bits per heavy atom. The number of para-hydroxylation sites is 1. The predicted octanol–water partition coefficient (Wildman–Crippen LogP) is 4.94. The average Bonchev–Trinajstić information content (AvgIpc) is 3.03. The molecular formula is C21H24N2O2. The molecule has 0 fully saturated rings. The Morgan fingerprint density at radius 3 is 2.60 bits per heavy atom. The highest BCUT2D eigenvalue weighted by Crippen LogP contribution is 2.35. The van der Waals surface area contributed by atoms with E-state index in [1.54, 1.807) is 7.11 Å². The van der Waals surface area contributed by atoms with E-state index in [1.165, 1.54) is 0 Å². The van der Waals surface area contributed by atoms with Crippen LogP contribution < -0.4 is 10.1 Å². The quantitative estimate of drug-likeness (QED) is 0.669. The summed E-state index contributed by atoms with van der Waals surface area (Å²) in [6.45, 7) is 4.30. The maximum absolute atomic E-state index is 12.5. The van der Waals surface area contributed by atoms with E-state index in [0.29, 0.717) is 12.3 Å². The van der Waals surface area contributed by atoms with Gasteiger partial charge in [0.25, 0.3) is 0 Å². The number of ether oxygens (including phenoxy) is 1. The summed E-state index contributed by atoms with van der Waals surface area (Å²) in [5.41, 5.74) is 3.05. The summed E-state index contributed by atoms with van der Waals surface area (Å²) >= 11 is 0. The molecular weight excluding hydrogens is 312 g/mol. The molecule has 0 aliphatic rings. The monoisotopic (exact) mass is 336 g/mol. The maximum Gasteiger partial charge on any atom is 0.224 e. The van der Waals surface area contributed by atoms with Crippen LogP contribution in [0.2, 0.25) is 0 Å². The standard InChI is InChI=1S/C21H24N2O2/c1-14(2)17(12-21(24)23-15-7-5-4-6-8-15)19-13-22-20-10-9-16(25-3)11-18(19)20/h4-11,13-14,17,22H,12H2,1-3H3,(H,23,24). The molecule has 1 atom stereocenters. The number of amides is 1. The molecule has 0 aliphatic heterocycles. The van der Waals surface area contributed by atoms with E-state index < -0.39 is 0 Å². The first-order valence-corrected chi connectivity index (χ1v) is 8.58. The number of rotatable bonds is 6. The number of H-pyrrole nitrogens is 1. The zero-order chi connectivity index (χ0) is 17.8. The summed E-state index contributed by atoms with van der Waals surface area (Å²) < 4.78 is 5.35. The summed E-state index contributed by atoms with van der Waals surface area (Å²) in [7, 11) is 1.67. The summed E-state index contributed by atoms with van der Waals surface area (Å²) in [6, 6.07) is 15.6. The van der Waals surface area contributed by atoms with Crippen molar-refractivity contribution in [2.45, 2.75) is 26.2 Å². The zero-order valence-corrected chi connectivity index (χ0v) is 14.9. The Hall–Kier alpha value is -2.75. The molecule has 2 N–H and O–H groups in total. The van der Waals surface area contributed by atoms with Crippen molar-refractivity contribution < 1.29 is 9.53 Å². The molecule has 3 aromatic rings. The fourth-order valence-electron chi connectivity index (χ4n) is 3.19. The Labute approximate surface area is 148 Å². The second-order valence-electron chi connectivity index (χ2n) is 6.62. The number of carbonyl (C=O) groups is 1. The molecule has 1 heterocycles. The van der Waals surface area contributed by atoms with Crippen LogP contribution in [0.1, 0.15) is 31.7 Å². The van der Waals surface area contributed by atoms with Crippen molar-refractivity contribution in [3.05, 3.63) is 60.3 Å². The van der Waals surface area contributed by atoms with Crippen LogP contribution >= 0.6 is 0 Å². The van der Waals surface area contributed by atoms with Gasteiger partial charge in [0.15, 0.2) is 0 Å². The maximum atomic E-state index is 12.5. The van der Waals surface area contributed by atoms with Gasteiger partial charge in [-0.2, -0.15) is 0 Å². The minimum Gasteiger partial charge on any atom is -0.497 e. The molecule has 25 heavy (non-hydrogen) atoms. The molecule has 0 aliphatic carbocycles. The molecule has 130 valence electrons. The van der Waals surface area contributed by atoms with Crippen LogP contribution in [-0.2, 0) is 4.79 Å². The van der Waals surface area contributed by atoms with Gasteiger partial charge >= 0.3 is 0 Å². The first kappa shape index (κ1) is 17.1. The lowest BCUT2D eigenvalue weighted by Gasteiger charge is -2.20. The van der Waals surface area contributed by atoms with Crippen LogP contribution in [0, 0.1) is 5.92 Å². The smallest absolute Gasteiger partial charge is 0.224 e. The molecule has 0 bridgehead atoms. The number of aromatic amines is 1. The number of carbonyl (C=O) groups excluding carboxylic acids is 1. The highest BCUT2D eigenvalue weighted by Gasteiger charge is 2.23. The summed E-state index contributed by atoms with van der Waals surface area (Å²) in [6.07, 6.45) is 2.46. The van der Waals surface area contributed by atoms with E-state index in [1.807, 2.05) is 54.7 Å². The van der Waals surface area contributed by atoms with Gasteiger partial charge in [-0.25, -0.2) is 0 Å². The van der Waals surface area contributed by atoms with Crippen LogP contribution in [0.15, 0.2) is 54.7 Å². The lowest BCUT2D eigenvalue weighted by atomic mass is 9.85. The molecule has 1 amide bonds. The number of fused-ring (bicyclic) bond motifs is 1. The third kappa shape index (κ3) is 3.85. The Balaban J connectivity index is 1.85. The van der Waals surface area contributed by atoms with Crippen LogP contribution in [0.25, 0.3) is 10.9 Å². The van der Waals surface area contributed by atoms with E-state index >= 15 is 0 Å². The lowest BCUT2D eigenvalue weighted by Crippen LogP contribution is -2.18. The number of nitrogens with one attached hydrogen (secondary N) is 2. The third-order valence-electron chi connectivity index (χ3n) is 4.59. The Morgan fingerprint density at radius 2 is 1.92 bits per heavy atom. The normalized spacial score (nSPS) is 12.3. The van der Waals surface area contributed by atoms with E-state index in [-0.39, 0.29) is 11.8 Å². The lowest BCUT2D eigenvalue weighted by molar-refractivity contribution is -0.116. The van der Waals surface area contributed by atoms with Gasteiger partial charge < -0.3 is 15.0 Å². The first-order chi connectivity index (χ1) is 12.1. The minimum absolute atomic E-state index is 0.0298. The van der Waals surface area contributed by atoms with Crippen molar-refractivity contribution in [2.24, 2.45) is 5.92 Å². The van der Waals surface area contributed by atoms with Gasteiger partial charge in [0.1, 0.15) is 5.75 Å². The van der Waals surface area contributed by atoms with E-state index in [9.17, 15) is 4.79 Å². The van der Waals surface area contributed by atoms with E-state index in [4.69, 9.17) is 4.74 Å². The Kier molecular flexibility index (Phi) is 5.08. The third-order valence-corrected chi connectivity index (χ3v) is 4.59. The number of anilines is 1. The zero-order valence-electron chi connectivity index (χ0n) is 14.9. The van der Waals surface area contributed by atoms with Crippen molar-refractivity contribution in [2.75, 3.05) is 12.4 Å². The van der Waals surface area contributed by atoms with Crippen LogP contribution in [0.3, 0.4) is 0 Å². The van der Waals surface area contributed by atoms with Gasteiger partial charge in [-0.15, -0.1) is 0 Å². The van der Waals surface area contributed by atoms with Crippen molar-refractivity contribution in [3.63, 3.8) is 0 Å². The molecule has 1 unspecified atom stereocenters. The van der Waals surface area contributed by atoms with Gasteiger partial charge in [0.2, 0.25) is 5.91 Å². The first-order valence-electron chi connectivity index (χ1n) is 8.58. The number of aromatic nitrogens is 1. The topological polar surface area (TPSA) is 54.1 Å². The van der Waals surface area contributed by atoms with Gasteiger partial charge in [0, 0.05) is 29.2 Å². The van der Waals surface area contributed by atoms with Crippen LogP contribution in [-0.4, -0.2) is 18.0 Å². The molecule has 0 saturated heterocycles. The van der Waals surface area contributed by atoms with Crippen molar-refractivity contribution in [1.29, 1.82) is 0 Å². The van der Waals surface area contributed by atoms with Crippen LogP contribution in [0.5, 0.6) is 5.75 Å². The number of benzene rings is 2. The number of hydrogen-bond donors (Lipinski definition) is 2. The van der Waals surface area contributed by atoms with Gasteiger partial charge in [-0.05, 0) is 47.7 Å². The molecule has 0 spiro atoms.